The number of methoxy groups -OCH3 is 1. The number of aliphatic hydroxyl groups is 1. The van der Waals surface area contributed by atoms with Gasteiger partial charge in [-0.3, -0.25) is 0 Å². The maximum absolute atomic E-state index is 10.4. The lowest BCUT2D eigenvalue weighted by atomic mass is 9.63. The first kappa shape index (κ1) is 12.9. The van der Waals surface area contributed by atoms with E-state index >= 15 is 0 Å². The zero-order chi connectivity index (χ0) is 12.5. The molecule has 1 aromatic rings. The van der Waals surface area contributed by atoms with Gasteiger partial charge in [0.2, 0.25) is 0 Å². The number of ether oxygens (including phenoxy) is 1. The lowest BCUT2D eigenvalue weighted by Gasteiger charge is -2.45. The molecule has 0 amide bonds. The molecule has 1 saturated carbocycles. The highest BCUT2D eigenvalue weighted by Gasteiger charge is 2.42. The summed E-state index contributed by atoms with van der Waals surface area (Å²) in [5, 5.41) is 10.4. The number of aliphatic hydroxyl groups excluding tert-OH is 1. The molecule has 0 radical (unpaired) electrons. The van der Waals surface area contributed by atoms with Crippen molar-refractivity contribution in [2.45, 2.75) is 25.4 Å². The van der Waals surface area contributed by atoms with Gasteiger partial charge in [-0.1, -0.05) is 12.5 Å². The summed E-state index contributed by atoms with van der Waals surface area (Å²) in [5.41, 5.74) is 6.59. The first-order valence-corrected chi connectivity index (χ1v) is 6.64. The molecule has 0 spiro atoms. The fourth-order valence-electron chi connectivity index (χ4n) is 2.43. The Balaban J connectivity index is 2.25. The Morgan fingerprint density at radius 2 is 2.24 bits per heavy atom. The average molecular weight is 300 g/mol. The summed E-state index contributed by atoms with van der Waals surface area (Å²) in [6, 6.07) is 5.69. The summed E-state index contributed by atoms with van der Waals surface area (Å²) in [4.78, 5) is 0. The van der Waals surface area contributed by atoms with Crippen LogP contribution in [0, 0.1) is 5.41 Å². The van der Waals surface area contributed by atoms with Crippen molar-refractivity contribution in [3.05, 3.63) is 28.2 Å². The minimum atomic E-state index is -0.483. The van der Waals surface area contributed by atoms with Crippen LogP contribution in [0.15, 0.2) is 22.7 Å². The van der Waals surface area contributed by atoms with Crippen LogP contribution in [-0.2, 0) is 0 Å². The summed E-state index contributed by atoms with van der Waals surface area (Å²) in [6.45, 7) is 0.539. The minimum absolute atomic E-state index is 0.117. The number of hydrogen-bond acceptors (Lipinski definition) is 3. The molecule has 1 aliphatic rings. The van der Waals surface area contributed by atoms with Gasteiger partial charge >= 0.3 is 0 Å². The first-order chi connectivity index (χ1) is 8.13. The Morgan fingerprint density at radius 1 is 1.53 bits per heavy atom. The average Bonchev–Trinajstić information content (AvgIpc) is 2.28. The quantitative estimate of drug-likeness (QED) is 0.898. The second-order valence-corrected chi connectivity index (χ2v) is 5.57. The second-order valence-electron chi connectivity index (χ2n) is 4.72. The first-order valence-electron chi connectivity index (χ1n) is 5.84. The summed E-state index contributed by atoms with van der Waals surface area (Å²) < 4.78 is 6.04. The Morgan fingerprint density at radius 3 is 2.65 bits per heavy atom. The van der Waals surface area contributed by atoms with E-state index in [0.29, 0.717) is 6.54 Å². The smallest absolute Gasteiger partial charge is 0.133 e. The molecule has 1 aliphatic carbocycles. The third kappa shape index (κ3) is 2.21. The molecular formula is C13H18BrNO2. The molecule has 4 heteroatoms. The van der Waals surface area contributed by atoms with Gasteiger partial charge in [0.25, 0.3) is 0 Å². The topological polar surface area (TPSA) is 55.5 Å². The monoisotopic (exact) mass is 299 g/mol. The van der Waals surface area contributed by atoms with Crippen LogP contribution >= 0.6 is 15.9 Å². The van der Waals surface area contributed by atoms with Gasteiger partial charge in [0.15, 0.2) is 0 Å². The minimum Gasteiger partial charge on any atom is -0.496 e. The number of rotatable bonds is 4. The summed E-state index contributed by atoms with van der Waals surface area (Å²) in [5.74, 6) is 0.774. The molecule has 3 nitrogen and oxygen atoms in total. The normalized spacial score (nSPS) is 19.5. The van der Waals surface area contributed by atoms with Crippen LogP contribution in [0.5, 0.6) is 5.75 Å². The summed E-state index contributed by atoms with van der Waals surface area (Å²) in [6.07, 6.45) is 2.69. The molecule has 1 atom stereocenters. The van der Waals surface area contributed by atoms with Crippen molar-refractivity contribution < 1.29 is 9.84 Å². The van der Waals surface area contributed by atoms with E-state index < -0.39 is 6.10 Å². The maximum atomic E-state index is 10.4. The van der Waals surface area contributed by atoms with Gasteiger partial charge in [-0.2, -0.15) is 0 Å². The van der Waals surface area contributed by atoms with E-state index in [2.05, 4.69) is 15.9 Å². The lowest BCUT2D eigenvalue weighted by molar-refractivity contribution is -0.0297. The molecule has 0 saturated heterocycles. The molecule has 1 fully saturated rings. The Hall–Kier alpha value is -0.580. The Kier molecular flexibility index (Phi) is 3.76. The molecule has 0 bridgehead atoms. The van der Waals surface area contributed by atoms with E-state index in [1.165, 1.54) is 0 Å². The molecule has 94 valence electrons. The second kappa shape index (κ2) is 4.96. The Labute approximate surface area is 110 Å². The molecule has 0 aliphatic heterocycles. The van der Waals surface area contributed by atoms with Crippen molar-refractivity contribution in [3.63, 3.8) is 0 Å². The van der Waals surface area contributed by atoms with Crippen LogP contribution in [0.1, 0.15) is 30.9 Å². The fraction of sp³-hybridized carbons (Fsp3) is 0.538. The standard InChI is InChI=1S/C13H18BrNO2/c1-17-11-4-3-9(7-10(11)14)12(16)13(8-15)5-2-6-13/h3-4,7,12,16H,2,5-6,8,15H2,1H3. The zero-order valence-electron chi connectivity index (χ0n) is 9.95. The van der Waals surface area contributed by atoms with Crippen LogP contribution in [0.2, 0.25) is 0 Å². The highest BCUT2D eigenvalue weighted by atomic mass is 79.9. The Bertz CT molecular complexity index is 399. The fourth-order valence-corrected chi connectivity index (χ4v) is 2.98. The highest BCUT2D eigenvalue weighted by Crippen LogP contribution is 2.49. The van der Waals surface area contributed by atoms with Crippen LogP contribution in [0.3, 0.4) is 0 Å². The number of halogens is 1. The van der Waals surface area contributed by atoms with E-state index in [1.54, 1.807) is 7.11 Å². The molecule has 0 aromatic heterocycles. The van der Waals surface area contributed by atoms with Crippen molar-refractivity contribution in [2.24, 2.45) is 11.1 Å². The van der Waals surface area contributed by atoms with Crippen LogP contribution in [-0.4, -0.2) is 18.8 Å². The zero-order valence-corrected chi connectivity index (χ0v) is 11.5. The number of benzene rings is 1. The third-order valence-corrected chi connectivity index (χ3v) is 4.45. The van der Waals surface area contributed by atoms with E-state index in [9.17, 15) is 5.11 Å². The molecule has 17 heavy (non-hydrogen) atoms. The van der Waals surface area contributed by atoms with Crippen molar-refractivity contribution in [1.82, 2.24) is 0 Å². The number of nitrogens with two attached hydrogens (primary N) is 1. The SMILES string of the molecule is COc1ccc(C(O)C2(CN)CCC2)cc1Br. The number of hydrogen-bond donors (Lipinski definition) is 2. The molecule has 2 rings (SSSR count). The van der Waals surface area contributed by atoms with Gasteiger partial charge in [0, 0.05) is 12.0 Å². The lowest BCUT2D eigenvalue weighted by Crippen LogP contribution is -2.42. The van der Waals surface area contributed by atoms with Gasteiger partial charge < -0.3 is 15.6 Å². The van der Waals surface area contributed by atoms with Crippen LogP contribution < -0.4 is 10.5 Å². The van der Waals surface area contributed by atoms with E-state index in [-0.39, 0.29) is 5.41 Å². The van der Waals surface area contributed by atoms with Gasteiger partial charge in [0.05, 0.1) is 17.7 Å². The maximum Gasteiger partial charge on any atom is 0.133 e. The summed E-state index contributed by atoms with van der Waals surface area (Å²) in [7, 11) is 1.63. The van der Waals surface area contributed by atoms with Gasteiger partial charge in [-0.05, 0) is 46.5 Å². The predicted octanol–water partition coefficient (Wildman–Crippen LogP) is 2.62. The molecule has 1 unspecified atom stereocenters. The van der Waals surface area contributed by atoms with Crippen molar-refractivity contribution in [3.8, 4) is 5.75 Å². The van der Waals surface area contributed by atoms with Crippen LogP contribution in [0.25, 0.3) is 0 Å². The molecule has 1 aromatic carbocycles. The van der Waals surface area contributed by atoms with Gasteiger partial charge in [0.1, 0.15) is 5.75 Å². The van der Waals surface area contributed by atoms with Gasteiger partial charge in [-0.15, -0.1) is 0 Å². The van der Waals surface area contributed by atoms with Crippen molar-refractivity contribution in [2.75, 3.05) is 13.7 Å². The molecule has 3 N–H and O–H groups in total. The molecule has 0 heterocycles. The van der Waals surface area contributed by atoms with Gasteiger partial charge in [-0.25, -0.2) is 0 Å². The predicted molar refractivity (Wildman–Crippen MR) is 71.0 cm³/mol. The van der Waals surface area contributed by atoms with Crippen molar-refractivity contribution in [1.29, 1.82) is 0 Å². The largest absolute Gasteiger partial charge is 0.496 e. The third-order valence-electron chi connectivity index (χ3n) is 3.83. The van der Waals surface area contributed by atoms with E-state index in [4.69, 9.17) is 10.5 Å². The highest BCUT2D eigenvalue weighted by molar-refractivity contribution is 9.10. The van der Waals surface area contributed by atoms with E-state index in [1.807, 2.05) is 18.2 Å². The van der Waals surface area contributed by atoms with Crippen LogP contribution in [0.4, 0.5) is 0 Å². The van der Waals surface area contributed by atoms with Crippen molar-refractivity contribution >= 4 is 15.9 Å². The van der Waals surface area contributed by atoms with E-state index in [0.717, 1.165) is 35.0 Å². The molecular weight excluding hydrogens is 282 g/mol. The summed E-state index contributed by atoms with van der Waals surface area (Å²) >= 11 is 3.44.